The lowest BCUT2D eigenvalue weighted by molar-refractivity contribution is -0.124. The van der Waals surface area contributed by atoms with Gasteiger partial charge in [-0.25, -0.2) is 0 Å². The van der Waals surface area contributed by atoms with Gasteiger partial charge >= 0.3 is 0 Å². The van der Waals surface area contributed by atoms with Crippen molar-refractivity contribution in [3.63, 3.8) is 0 Å². The van der Waals surface area contributed by atoms with E-state index >= 15 is 0 Å². The topological polar surface area (TPSA) is 46.2 Å². The number of benzene rings is 1. The van der Waals surface area contributed by atoms with Crippen molar-refractivity contribution in [2.24, 2.45) is 5.92 Å². The average molecular weight is 238 g/mol. The van der Waals surface area contributed by atoms with Gasteiger partial charge in [-0.05, 0) is 37.1 Å². The maximum absolute atomic E-state index is 12.0. The van der Waals surface area contributed by atoms with Crippen LogP contribution in [0.1, 0.15) is 23.2 Å². The summed E-state index contributed by atoms with van der Waals surface area (Å²) in [6, 6.07) is 6.64. The van der Waals surface area contributed by atoms with E-state index in [1.807, 2.05) is 0 Å². The third kappa shape index (κ3) is 2.25. The van der Waals surface area contributed by atoms with E-state index < -0.39 is 5.92 Å². The number of rotatable bonds is 2. The summed E-state index contributed by atoms with van der Waals surface area (Å²) >= 11 is 5.74. The van der Waals surface area contributed by atoms with Crippen LogP contribution in [0.25, 0.3) is 0 Å². The molecule has 0 bridgehead atoms. The summed E-state index contributed by atoms with van der Waals surface area (Å²) in [6.07, 6.45) is 1.49. The van der Waals surface area contributed by atoms with E-state index in [0.717, 1.165) is 6.42 Å². The Bertz CT molecular complexity index is 414. The largest absolute Gasteiger partial charge is 0.355 e. The Hall–Kier alpha value is -1.35. The monoisotopic (exact) mass is 237 g/mol. The highest BCUT2D eigenvalue weighted by Gasteiger charge is 2.29. The van der Waals surface area contributed by atoms with Crippen molar-refractivity contribution in [1.82, 2.24) is 5.32 Å². The second kappa shape index (κ2) is 4.66. The number of hydrogen-bond acceptors (Lipinski definition) is 2. The zero-order chi connectivity index (χ0) is 11.5. The molecule has 2 rings (SSSR count). The Morgan fingerprint density at radius 3 is 2.62 bits per heavy atom. The minimum atomic E-state index is -0.532. The maximum atomic E-state index is 12.0. The number of ketones is 1. The molecular formula is C12H12ClNO2. The second-order valence-corrected chi connectivity index (χ2v) is 4.29. The smallest absolute Gasteiger partial charge is 0.230 e. The Morgan fingerprint density at radius 2 is 2.00 bits per heavy atom. The van der Waals surface area contributed by atoms with Gasteiger partial charge in [0.05, 0.1) is 0 Å². The molecule has 1 heterocycles. The molecule has 1 atom stereocenters. The first-order chi connectivity index (χ1) is 7.68. The van der Waals surface area contributed by atoms with Crippen molar-refractivity contribution in [1.29, 1.82) is 0 Å². The van der Waals surface area contributed by atoms with Crippen LogP contribution in [0.3, 0.4) is 0 Å². The molecule has 1 saturated heterocycles. The SMILES string of the molecule is O=C1NCCCC1C(=O)c1ccc(Cl)cc1. The van der Waals surface area contributed by atoms with E-state index in [4.69, 9.17) is 11.6 Å². The quantitative estimate of drug-likeness (QED) is 0.632. The summed E-state index contributed by atoms with van der Waals surface area (Å²) in [6.45, 7) is 0.670. The van der Waals surface area contributed by atoms with Crippen molar-refractivity contribution in [3.8, 4) is 0 Å². The second-order valence-electron chi connectivity index (χ2n) is 3.86. The summed E-state index contributed by atoms with van der Waals surface area (Å²) in [5.74, 6) is -0.810. The predicted octanol–water partition coefficient (Wildman–Crippen LogP) is 2.05. The number of Topliss-reactive ketones (excluding diaryl/α,β-unsaturated/α-hetero) is 1. The number of carbonyl (C=O) groups is 2. The molecule has 1 aromatic rings. The van der Waals surface area contributed by atoms with Crippen LogP contribution < -0.4 is 5.32 Å². The van der Waals surface area contributed by atoms with Crippen LogP contribution in [0.2, 0.25) is 5.02 Å². The van der Waals surface area contributed by atoms with Crippen LogP contribution in [0.5, 0.6) is 0 Å². The molecule has 84 valence electrons. The van der Waals surface area contributed by atoms with Crippen LogP contribution in [0.15, 0.2) is 24.3 Å². The fourth-order valence-corrected chi connectivity index (χ4v) is 1.96. The highest BCUT2D eigenvalue weighted by atomic mass is 35.5. The molecule has 1 amide bonds. The molecule has 1 N–H and O–H groups in total. The fourth-order valence-electron chi connectivity index (χ4n) is 1.84. The standard InChI is InChI=1S/C12H12ClNO2/c13-9-5-3-8(4-6-9)11(15)10-2-1-7-14-12(10)16/h3-6,10H,1-2,7H2,(H,14,16). The van der Waals surface area contributed by atoms with E-state index in [9.17, 15) is 9.59 Å². The molecule has 4 heteroatoms. The van der Waals surface area contributed by atoms with Crippen molar-refractivity contribution in [3.05, 3.63) is 34.9 Å². The Morgan fingerprint density at radius 1 is 1.31 bits per heavy atom. The van der Waals surface area contributed by atoms with Crippen molar-refractivity contribution in [2.75, 3.05) is 6.54 Å². The number of carbonyl (C=O) groups excluding carboxylic acids is 2. The molecule has 1 aliphatic rings. The molecule has 16 heavy (non-hydrogen) atoms. The first-order valence-corrected chi connectivity index (χ1v) is 5.64. The van der Waals surface area contributed by atoms with Crippen molar-refractivity contribution in [2.45, 2.75) is 12.8 Å². The van der Waals surface area contributed by atoms with Gasteiger partial charge in [-0.2, -0.15) is 0 Å². The average Bonchev–Trinajstić information content (AvgIpc) is 2.30. The maximum Gasteiger partial charge on any atom is 0.230 e. The van der Waals surface area contributed by atoms with Crippen LogP contribution in [0.4, 0.5) is 0 Å². The lowest BCUT2D eigenvalue weighted by atomic mass is 9.90. The normalized spacial score (nSPS) is 20.3. The van der Waals surface area contributed by atoms with Crippen LogP contribution >= 0.6 is 11.6 Å². The van der Waals surface area contributed by atoms with Crippen LogP contribution in [-0.4, -0.2) is 18.2 Å². The van der Waals surface area contributed by atoms with Crippen LogP contribution in [0, 0.1) is 5.92 Å². The zero-order valence-corrected chi connectivity index (χ0v) is 9.46. The van der Waals surface area contributed by atoms with E-state index in [2.05, 4.69) is 5.32 Å². The number of nitrogens with one attached hydrogen (secondary N) is 1. The first-order valence-electron chi connectivity index (χ1n) is 5.26. The first kappa shape index (κ1) is 11.1. The van der Waals surface area contributed by atoms with Gasteiger partial charge in [0.25, 0.3) is 0 Å². The van der Waals surface area contributed by atoms with E-state index in [0.29, 0.717) is 23.6 Å². The summed E-state index contributed by atoms with van der Waals surface area (Å²) in [7, 11) is 0. The lowest BCUT2D eigenvalue weighted by Crippen LogP contribution is -2.40. The van der Waals surface area contributed by atoms with Gasteiger partial charge in [-0.3, -0.25) is 9.59 Å². The number of hydrogen-bond donors (Lipinski definition) is 1. The highest BCUT2D eigenvalue weighted by molar-refractivity contribution is 6.30. The number of halogens is 1. The molecule has 1 unspecified atom stereocenters. The van der Waals surface area contributed by atoms with Gasteiger partial charge in [0.1, 0.15) is 5.92 Å². The molecule has 0 aliphatic carbocycles. The van der Waals surface area contributed by atoms with Gasteiger partial charge in [0, 0.05) is 17.1 Å². The third-order valence-electron chi connectivity index (χ3n) is 2.73. The molecule has 0 spiro atoms. The summed E-state index contributed by atoms with van der Waals surface area (Å²) in [4.78, 5) is 23.5. The summed E-state index contributed by atoms with van der Waals surface area (Å²) in [5, 5.41) is 3.30. The Labute approximate surface area is 98.8 Å². The predicted molar refractivity (Wildman–Crippen MR) is 61.5 cm³/mol. The van der Waals surface area contributed by atoms with Crippen molar-refractivity contribution < 1.29 is 9.59 Å². The van der Waals surface area contributed by atoms with Crippen molar-refractivity contribution >= 4 is 23.3 Å². The summed E-state index contributed by atoms with van der Waals surface area (Å²) < 4.78 is 0. The Kier molecular flexibility index (Phi) is 3.25. The van der Waals surface area contributed by atoms with Gasteiger partial charge in [-0.15, -0.1) is 0 Å². The number of piperidine rings is 1. The number of amides is 1. The molecular weight excluding hydrogens is 226 g/mol. The summed E-state index contributed by atoms with van der Waals surface area (Å²) in [5.41, 5.74) is 0.548. The fraction of sp³-hybridized carbons (Fsp3) is 0.333. The molecule has 0 saturated carbocycles. The molecule has 0 aromatic heterocycles. The van der Waals surface area contributed by atoms with Gasteiger partial charge < -0.3 is 5.32 Å². The molecule has 1 aliphatic heterocycles. The zero-order valence-electron chi connectivity index (χ0n) is 8.70. The van der Waals surface area contributed by atoms with E-state index in [1.54, 1.807) is 24.3 Å². The molecule has 3 nitrogen and oxygen atoms in total. The van der Waals surface area contributed by atoms with Gasteiger partial charge in [0.2, 0.25) is 5.91 Å². The van der Waals surface area contributed by atoms with Gasteiger partial charge in [0.15, 0.2) is 5.78 Å². The molecule has 0 radical (unpaired) electrons. The third-order valence-corrected chi connectivity index (χ3v) is 2.98. The molecule has 1 aromatic carbocycles. The van der Waals surface area contributed by atoms with E-state index in [-0.39, 0.29) is 11.7 Å². The highest BCUT2D eigenvalue weighted by Crippen LogP contribution is 2.19. The van der Waals surface area contributed by atoms with Gasteiger partial charge in [-0.1, -0.05) is 11.6 Å². The minimum Gasteiger partial charge on any atom is -0.355 e. The minimum absolute atomic E-state index is 0.117. The van der Waals surface area contributed by atoms with Crippen LogP contribution in [-0.2, 0) is 4.79 Å². The molecule has 1 fully saturated rings. The van der Waals surface area contributed by atoms with E-state index in [1.165, 1.54) is 0 Å². The Balaban J connectivity index is 2.17. The lowest BCUT2D eigenvalue weighted by Gasteiger charge is -2.20.